The van der Waals surface area contributed by atoms with Gasteiger partial charge < -0.3 is 10.2 Å². The van der Waals surface area contributed by atoms with Gasteiger partial charge in [0.05, 0.1) is 10.7 Å². The van der Waals surface area contributed by atoms with E-state index in [1.54, 1.807) is 0 Å². The summed E-state index contributed by atoms with van der Waals surface area (Å²) >= 11 is 6.30. The van der Waals surface area contributed by atoms with Gasteiger partial charge in [-0.2, -0.15) is 0 Å². The van der Waals surface area contributed by atoms with Gasteiger partial charge in [-0.3, -0.25) is 0 Å². The molecule has 0 aliphatic carbocycles. The number of aryl methyl sites for hydroxylation is 1. The predicted octanol–water partition coefficient (Wildman–Crippen LogP) is 4.84. The van der Waals surface area contributed by atoms with Crippen LogP contribution in [0.25, 0.3) is 0 Å². The number of nitrogens with one attached hydrogen (secondary N) is 1. The van der Waals surface area contributed by atoms with Crippen LogP contribution in [-0.4, -0.2) is 20.1 Å². The molecule has 0 radical (unpaired) electrons. The highest BCUT2D eigenvalue weighted by molar-refractivity contribution is 6.33. The molecule has 0 aliphatic rings. The van der Waals surface area contributed by atoms with Gasteiger partial charge in [0.2, 0.25) is 0 Å². The lowest BCUT2D eigenvalue weighted by atomic mass is 10.1. The van der Waals surface area contributed by atoms with Crippen molar-refractivity contribution in [3.05, 3.63) is 59.1 Å². The van der Waals surface area contributed by atoms with Crippen LogP contribution in [0.1, 0.15) is 18.9 Å². The van der Waals surface area contributed by atoms with E-state index in [1.807, 2.05) is 25.1 Å². The summed E-state index contributed by atoms with van der Waals surface area (Å²) in [5.74, 6) is 0. The largest absolute Gasteiger partial charge is 0.383 e. The Morgan fingerprint density at radius 2 is 1.81 bits per heavy atom. The SMILES string of the molecule is CC(CCc1ccccc1)Nc1ccc(N(C)C)c(Cl)c1. The van der Waals surface area contributed by atoms with Crippen LogP contribution in [0.5, 0.6) is 0 Å². The third-order valence-corrected chi connectivity index (χ3v) is 3.85. The van der Waals surface area contributed by atoms with E-state index in [1.165, 1.54) is 5.56 Å². The van der Waals surface area contributed by atoms with Gasteiger partial charge in [0.15, 0.2) is 0 Å². The molecule has 21 heavy (non-hydrogen) atoms. The van der Waals surface area contributed by atoms with Crippen molar-refractivity contribution in [3.8, 4) is 0 Å². The first kappa shape index (κ1) is 15.7. The zero-order valence-corrected chi connectivity index (χ0v) is 13.7. The maximum absolute atomic E-state index is 6.30. The summed E-state index contributed by atoms with van der Waals surface area (Å²) in [6.07, 6.45) is 2.18. The molecule has 1 N–H and O–H groups in total. The third-order valence-electron chi connectivity index (χ3n) is 3.55. The molecule has 0 aliphatic heterocycles. The van der Waals surface area contributed by atoms with Crippen molar-refractivity contribution in [2.45, 2.75) is 25.8 Å². The van der Waals surface area contributed by atoms with Gasteiger partial charge in [-0.1, -0.05) is 41.9 Å². The standard InChI is InChI=1S/C18H23ClN2/c1-14(9-10-15-7-5-4-6-8-15)20-16-11-12-18(21(2)3)17(19)13-16/h4-8,11-14,20H,9-10H2,1-3H3. The Morgan fingerprint density at radius 1 is 1.10 bits per heavy atom. The minimum atomic E-state index is 0.409. The number of nitrogens with zero attached hydrogens (tertiary/aromatic N) is 1. The maximum Gasteiger partial charge on any atom is 0.0659 e. The minimum Gasteiger partial charge on any atom is -0.383 e. The van der Waals surface area contributed by atoms with E-state index in [4.69, 9.17) is 11.6 Å². The first-order chi connectivity index (χ1) is 10.1. The summed E-state index contributed by atoms with van der Waals surface area (Å²) in [6.45, 7) is 2.21. The Morgan fingerprint density at radius 3 is 2.43 bits per heavy atom. The Kier molecular flexibility index (Phi) is 5.51. The lowest BCUT2D eigenvalue weighted by Gasteiger charge is -2.18. The average molecular weight is 303 g/mol. The topological polar surface area (TPSA) is 15.3 Å². The molecule has 0 saturated carbocycles. The molecule has 0 heterocycles. The lowest BCUT2D eigenvalue weighted by Crippen LogP contribution is -2.16. The van der Waals surface area contributed by atoms with E-state index in [0.717, 1.165) is 29.2 Å². The van der Waals surface area contributed by atoms with Gasteiger partial charge in [0.1, 0.15) is 0 Å². The highest BCUT2D eigenvalue weighted by Gasteiger charge is 2.06. The molecule has 2 rings (SSSR count). The van der Waals surface area contributed by atoms with E-state index in [2.05, 4.69) is 54.7 Å². The normalized spacial score (nSPS) is 12.0. The van der Waals surface area contributed by atoms with Gasteiger partial charge in [-0.25, -0.2) is 0 Å². The predicted molar refractivity (Wildman–Crippen MR) is 93.6 cm³/mol. The zero-order valence-electron chi connectivity index (χ0n) is 12.9. The molecule has 2 aromatic rings. The smallest absolute Gasteiger partial charge is 0.0659 e. The lowest BCUT2D eigenvalue weighted by molar-refractivity contribution is 0.706. The van der Waals surface area contributed by atoms with Gasteiger partial charge in [-0.15, -0.1) is 0 Å². The van der Waals surface area contributed by atoms with Gasteiger partial charge >= 0.3 is 0 Å². The Hall–Kier alpha value is -1.67. The molecule has 1 atom stereocenters. The second kappa shape index (κ2) is 7.37. The van der Waals surface area contributed by atoms with Crippen molar-refractivity contribution >= 4 is 23.0 Å². The van der Waals surface area contributed by atoms with E-state index >= 15 is 0 Å². The van der Waals surface area contributed by atoms with Crippen molar-refractivity contribution < 1.29 is 0 Å². The minimum absolute atomic E-state index is 0.409. The number of anilines is 2. The highest BCUT2D eigenvalue weighted by Crippen LogP contribution is 2.27. The summed E-state index contributed by atoms with van der Waals surface area (Å²) in [5, 5.41) is 4.29. The maximum atomic E-state index is 6.30. The van der Waals surface area contributed by atoms with Gasteiger partial charge in [-0.05, 0) is 43.5 Å². The van der Waals surface area contributed by atoms with Gasteiger partial charge in [0.25, 0.3) is 0 Å². The second-order valence-corrected chi connectivity index (χ2v) is 6.04. The third kappa shape index (κ3) is 4.68. The Bertz CT molecular complexity index is 567. The molecule has 0 fully saturated rings. The van der Waals surface area contributed by atoms with Crippen LogP contribution >= 0.6 is 11.6 Å². The van der Waals surface area contributed by atoms with E-state index in [9.17, 15) is 0 Å². The number of hydrogen-bond acceptors (Lipinski definition) is 2. The molecular weight excluding hydrogens is 280 g/mol. The molecule has 0 bridgehead atoms. The van der Waals surface area contributed by atoms with Crippen LogP contribution in [0.2, 0.25) is 5.02 Å². The average Bonchev–Trinajstić information content (AvgIpc) is 2.46. The fraction of sp³-hybridized carbons (Fsp3) is 0.333. The quantitative estimate of drug-likeness (QED) is 0.821. The van der Waals surface area contributed by atoms with Crippen LogP contribution < -0.4 is 10.2 Å². The molecular formula is C18H23ClN2. The monoisotopic (exact) mass is 302 g/mol. The number of halogens is 1. The molecule has 2 nitrogen and oxygen atoms in total. The summed E-state index contributed by atoms with van der Waals surface area (Å²) in [5.41, 5.74) is 3.50. The van der Waals surface area contributed by atoms with Crippen molar-refractivity contribution in [3.63, 3.8) is 0 Å². The molecule has 0 saturated heterocycles. The van der Waals surface area contributed by atoms with Crippen molar-refractivity contribution in [2.24, 2.45) is 0 Å². The van der Waals surface area contributed by atoms with E-state index in [-0.39, 0.29) is 0 Å². The Labute approximate surface area is 132 Å². The fourth-order valence-electron chi connectivity index (χ4n) is 2.34. The zero-order chi connectivity index (χ0) is 15.2. The molecule has 3 heteroatoms. The van der Waals surface area contributed by atoms with Gasteiger partial charge in [0, 0.05) is 25.8 Å². The fourth-order valence-corrected chi connectivity index (χ4v) is 2.69. The number of rotatable bonds is 6. The molecule has 0 spiro atoms. The summed E-state index contributed by atoms with van der Waals surface area (Å²) < 4.78 is 0. The molecule has 1 unspecified atom stereocenters. The van der Waals surface area contributed by atoms with Crippen molar-refractivity contribution in [2.75, 3.05) is 24.3 Å². The molecule has 2 aromatic carbocycles. The van der Waals surface area contributed by atoms with Crippen molar-refractivity contribution in [1.82, 2.24) is 0 Å². The van der Waals surface area contributed by atoms with Crippen LogP contribution in [0, 0.1) is 0 Å². The molecule has 0 amide bonds. The Balaban J connectivity index is 1.90. The summed E-state index contributed by atoms with van der Waals surface area (Å²) in [4.78, 5) is 2.02. The van der Waals surface area contributed by atoms with Crippen LogP contribution in [0.4, 0.5) is 11.4 Å². The first-order valence-corrected chi connectivity index (χ1v) is 7.71. The highest BCUT2D eigenvalue weighted by atomic mass is 35.5. The van der Waals surface area contributed by atoms with Crippen LogP contribution in [0.15, 0.2) is 48.5 Å². The number of benzene rings is 2. The van der Waals surface area contributed by atoms with Crippen LogP contribution in [-0.2, 0) is 6.42 Å². The first-order valence-electron chi connectivity index (χ1n) is 7.33. The van der Waals surface area contributed by atoms with E-state index in [0.29, 0.717) is 6.04 Å². The van der Waals surface area contributed by atoms with Crippen LogP contribution in [0.3, 0.4) is 0 Å². The van der Waals surface area contributed by atoms with E-state index < -0.39 is 0 Å². The molecule has 0 aromatic heterocycles. The summed E-state index contributed by atoms with van der Waals surface area (Å²) in [7, 11) is 3.99. The molecule has 112 valence electrons. The number of hydrogen-bond donors (Lipinski definition) is 1. The second-order valence-electron chi connectivity index (χ2n) is 5.63. The summed E-state index contributed by atoms with van der Waals surface area (Å²) in [6, 6.07) is 17.1. The van der Waals surface area contributed by atoms with Crippen molar-refractivity contribution in [1.29, 1.82) is 0 Å².